The summed E-state index contributed by atoms with van der Waals surface area (Å²) in [5.41, 5.74) is 10.1. The number of aliphatic hydroxyl groups excluding tert-OH is 1. The minimum absolute atomic E-state index is 0.0323. The molecule has 86 heavy (non-hydrogen) atoms. The molecule has 8 aliphatic carbocycles. The molecule has 10 rings (SSSR count). The monoisotopic (exact) mass is 1240 g/mol. The Morgan fingerprint density at radius 1 is 0.558 bits per heavy atom. The number of esters is 1. The van der Waals surface area contributed by atoms with Gasteiger partial charge in [-0.1, -0.05) is 222 Å². The summed E-state index contributed by atoms with van der Waals surface area (Å²) in [4.78, 5) is 34.3. The van der Waals surface area contributed by atoms with Crippen molar-refractivity contribution in [2.45, 2.75) is 278 Å². The second-order valence-corrected chi connectivity index (χ2v) is 30.2. The van der Waals surface area contributed by atoms with Gasteiger partial charge in [-0.3, -0.25) is 14.8 Å². The van der Waals surface area contributed by atoms with Gasteiger partial charge in [-0.05, 0) is 214 Å². The maximum Gasteiger partial charge on any atom is 0.306 e. The van der Waals surface area contributed by atoms with Crippen LogP contribution in [-0.2, 0) is 14.3 Å². The van der Waals surface area contributed by atoms with Crippen LogP contribution in [0.3, 0.4) is 0 Å². The van der Waals surface area contributed by atoms with E-state index in [1.165, 1.54) is 166 Å². The highest BCUT2D eigenvalue weighted by Gasteiger charge is 2.58. The zero-order valence-corrected chi connectivity index (χ0v) is 57.9. The highest BCUT2D eigenvalue weighted by atomic mass is 35.6. The van der Waals surface area contributed by atoms with Crippen LogP contribution in [0.15, 0.2) is 84.5 Å². The molecule has 0 spiro atoms. The number of hydrogen-bond acceptors (Lipinski definition) is 7. The van der Waals surface area contributed by atoms with Crippen LogP contribution < -0.4 is 0 Å². The highest BCUT2D eigenvalue weighted by Crippen LogP contribution is 2.68. The van der Waals surface area contributed by atoms with E-state index in [0.29, 0.717) is 23.0 Å². The van der Waals surface area contributed by atoms with Gasteiger partial charge in [0.15, 0.2) is 4.30 Å². The minimum atomic E-state index is -0.750. The predicted octanol–water partition coefficient (Wildman–Crippen LogP) is 21.5. The van der Waals surface area contributed by atoms with Crippen LogP contribution in [0.5, 0.6) is 0 Å². The molecule has 10 heteroatoms. The number of halogens is 3. The summed E-state index contributed by atoms with van der Waals surface area (Å²) in [6.45, 7) is 26.4. The van der Waals surface area contributed by atoms with Gasteiger partial charge in [-0.25, -0.2) is 0 Å². The SMILES string of the molecule is CCCCCCCCCC(=O)O[C@H]1CC[C@@]2(C)C(=CC[C@@H]3[C@@H]2CC[C@]2(C)C(c4cccnc4)=CC[C@@H]32)C1.CCCCCCCCCC(C)=O.CCN(CC)CC.C[C@]12CC[C@H](O)CC1=CC[C@@H]1[C@@H]2CC[C@]2(C)C(c3cccnc3)=CC[C@@H]12.ClC(Cl)Cl. The number of ketones is 1. The summed E-state index contributed by atoms with van der Waals surface area (Å²) in [5, 5.41) is 10.2. The number of unbranched alkanes of at least 4 members (excludes halogenated alkanes) is 12. The van der Waals surface area contributed by atoms with Gasteiger partial charge in [0.1, 0.15) is 11.9 Å². The van der Waals surface area contributed by atoms with E-state index in [4.69, 9.17) is 39.5 Å². The fourth-order valence-corrected chi connectivity index (χ4v) is 17.9. The van der Waals surface area contributed by atoms with Crippen molar-refractivity contribution in [3.8, 4) is 0 Å². The molecule has 7 nitrogen and oxygen atoms in total. The second kappa shape index (κ2) is 35.7. The third kappa shape index (κ3) is 19.1. The second-order valence-electron chi connectivity index (χ2n) is 28.2. The molecule has 482 valence electrons. The van der Waals surface area contributed by atoms with Crippen molar-refractivity contribution in [1.29, 1.82) is 0 Å². The minimum Gasteiger partial charge on any atom is -0.462 e. The van der Waals surface area contributed by atoms with Crippen LogP contribution in [-0.4, -0.2) is 67.9 Å². The number of rotatable bonds is 22. The largest absolute Gasteiger partial charge is 0.462 e. The molecule has 12 atom stereocenters. The molecular weight excluding hydrogens is 1130 g/mol. The number of aromatic nitrogens is 2. The van der Waals surface area contributed by atoms with Crippen LogP contribution in [0.1, 0.15) is 273 Å². The first-order chi connectivity index (χ1) is 41.3. The lowest BCUT2D eigenvalue weighted by molar-refractivity contribution is -0.151. The van der Waals surface area contributed by atoms with Crippen LogP contribution in [0.25, 0.3) is 11.1 Å². The van der Waals surface area contributed by atoms with Crippen LogP contribution in [0.4, 0.5) is 0 Å². The van der Waals surface area contributed by atoms with Crippen molar-refractivity contribution in [3.05, 3.63) is 95.6 Å². The fourth-order valence-electron chi connectivity index (χ4n) is 17.9. The normalized spacial score (nSPS) is 31.0. The molecule has 2 aromatic heterocycles. The number of allylic oxidation sites excluding steroid dienone is 6. The van der Waals surface area contributed by atoms with Gasteiger partial charge in [-0.2, -0.15) is 0 Å². The maximum absolute atomic E-state index is 12.6. The van der Waals surface area contributed by atoms with Crippen LogP contribution in [0.2, 0.25) is 0 Å². The Kier molecular flexibility index (Phi) is 30.0. The van der Waals surface area contributed by atoms with Gasteiger partial charge in [-0.15, -0.1) is 0 Å². The summed E-state index contributed by atoms with van der Waals surface area (Å²) >= 11 is 14.4. The Labute approximate surface area is 539 Å². The number of carbonyl (C=O) groups is 2. The molecule has 0 radical (unpaired) electrons. The lowest BCUT2D eigenvalue weighted by atomic mass is 9.47. The molecule has 2 heterocycles. The molecule has 0 aromatic carbocycles. The van der Waals surface area contributed by atoms with Gasteiger partial charge in [0, 0.05) is 44.0 Å². The van der Waals surface area contributed by atoms with Gasteiger partial charge in [0.2, 0.25) is 0 Å². The summed E-state index contributed by atoms with van der Waals surface area (Å²) in [6, 6.07) is 8.63. The van der Waals surface area contributed by atoms with Crippen molar-refractivity contribution in [3.63, 3.8) is 0 Å². The zero-order valence-electron chi connectivity index (χ0n) is 55.6. The Morgan fingerprint density at radius 2 is 0.977 bits per heavy atom. The molecule has 8 aliphatic rings. The van der Waals surface area contributed by atoms with E-state index in [2.05, 4.69) is 132 Å². The first-order valence-electron chi connectivity index (χ1n) is 35.0. The Balaban J connectivity index is 0.000000208. The molecule has 1 N–H and O–H groups in total. The Morgan fingerprint density at radius 3 is 1.40 bits per heavy atom. The standard InChI is InChI=1S/C34H49NO2.C24H31NO.C11H22O.C6H15N.CHCl3/c1-4-5-6-7-8-9-10-13-32(36)37-27-18-20-33(2)26(23-27)14-15-28-30-17-16-29(25-12-11-22-35-24-25)34(30,3)21-19-31(28)33;1-23-11-9-18(26)14-17(23)5-6-19-21-8-7-20(16-4-3-13-25-15-16)24(21,2)12-10-22(19)23;1-3-4-5-6-7-8-9-10-11(2)12;1-4-7(5-2)6-3;2-1(3)4/h11-12,14,16,22,24,27-28,30-31H,4-10,13,15,17-21,23H2,1-3H3;3-5,7,13,15,18-19,21-22,26H,6,8-12,14H2,1-2H3;3-10H2,1-2H3;4-6H2,1-3H3;1H/t27-,28-,30-,31-,33-,34+;18-,19-,21-,22-,23-,24+;;;/m00.../s1. The lowest BCUT2D eigenvalue weighted by Crippen LogP contribution is -2.50. The topological polar surface area (TPSA) is 92.6 Å². The Hall–Kier alpha value is -2.81. The van der Waals surface area contributed by atoms with Crippen LogP contribution in [0, 0.1) is 57.2 Å². The van der Waals surface area contributed by atoms with E-state index in [1.807, 2.05) is 18.6 Å². The van der Waals surface area contributed by atoms with E-state index in [0.717, 1.165) is 86.9 Å². The molecule has 0 saturated heterocycles. The van der Waals surface area contributed by atoms with Gasteiger partial charge < -0.3 is 19.5 Å². The smallest absolute Gasteiger partial charge is 0.306 e. The third-order valence-corrected chi connectivity index (χ3v) is 23.0. The zero-order chi connectivity index (χ0) is 62.3. The van der Waals surface area contributed by atoms with Gasteiger partial charge in [0.05, 0.1) is 6.10 Å². The van der Waals surface area contributed by atoms with Crippen LogP contribution >= 0.6 is 34.8 Å². The maximum atomic E-state index is 12.6. The molecule has 0 aliphatic heterocycles. The molecular formula is C76H118Cl3N3O4. The average molecular weight is 1240 g/mol. The number of hydrogen-bond donors (Lipinski definition) is 1. The molecule has 4 fully saturated rings. The van der Waals surface area contributed by atoms with E-state index in [-0.39, 0.29) is 29.0 Å². The van der Waals surface area contributed by atoms with E-state index in [9.17, 15) is 14.7 Å². The Bertz CT molecular complexity index is 2470. The first-order valence-corrected chi connectivity index (χ1v) is 36.3. The summed E-state index contributed by atoms with van der Waals surface area (Å²) in [5.74, 6) is 4.98. The number of aliphatic hydroxyl groups is 1. The number of pyridine rings is 2. The highest BCUT2D eigenvalue weighted by molar-refractivity contribution is 6.63. The number of fused-ring (bicyclic) bond motifs is 10. The number of ether oxygens (including phenoxy) is 1. The number of alkyl halides is 3. The van der Waals surface area contributed by atoms with E-state index < -0.39 is 4.30 Å². The molecule has 2 aromatic rings. The number of Topliss-reactive ketones (excluding diaryl/α,β-unsaturated/α-hetero) is 1. The fraction of sp³-hybridized carbons (Fsp3) is 0.737. The number of carbonyl (C=O) groups excluding carboxylic acids is 2. The third-order valence-electron chi connectivity index (χ3n) is 23.0. The summed E-state index contributed by atoms with van der Waals surface area (Å²) in [6.07, 6.45) is 53.4. The first kappa shape index (κ1) is 72.3. The van der Waals surface area contributed by atoms with Crippen molar-refractivity contribution in [2.24, 2.45) is 57.2 Å². The molecule has 0 unspecified atom stereocenters. The predicted molar refractivity (Wildman–Crippen MR) is 365 cm³/mol. The average Bonchev–Trinajstić information content (AvgIpc) is 1.42. The summed E-state index contributed by atoms with van der Waals surface area (Å²) < 4.78 is 5.27. The van der Waals surface area contributed by atoms with E-state index >= 15 is 0 Å². The van der Waals surface area contributed by atoms with Gasteiger partial charge in [0.25, 0.3) is 0 Å². The lowest BCUT2D eigenvalue weighted by Gasteiger charge is -2.57. The molecule has 4 saturated carbocycles. The molecule has 0 bridgehead atoms. The van der Waals surface area contributed by atoms with E-state index in [1.54, 1.807) is 29.2 Å². The van der Waals surface area contributed by atoms with Crippen molar-refractivity contribution in [2.75, 3.05) is 19.6 Å². The summed E-state index contributed by atoms with van der Waals surface area (Å²) in [7, 11) is 0. The van der Waals surface area contributed by atoms with Crippen molar-refractivity contribution >= 4 is 57.7 Å². The van der Waals surface area contributed by atoms with Crippen molar-refractivity contribution in [1.82, 2.24) is 14.9 Å². The van der Waals surface area contributed by atoms with Gasteiger partial charge >= 0.3 is 5.97 Å². The number of nitrogens with zero attached hydrogens (tertiary/aromatic N) is 3. The quantitative estimate of drug-likeness (QED) is 0.0543. The van der Waals surface area contributed by atoms with Crippen molar-refractivity contribution < 1.29 is 19.4 Å². The molecule has 0 amide bonds.